The molecule has 3 aromatic rings. The van der Waals surface area contributed by atoms with Crippen LogP contribution in [-0.4, -0.2) is 28.7 Å². The summed E-state index contributed by atoms with van der Waals surface area (Å²) >= 11 is 0. The molecule has 2 aromatic heterocycles. The summed E-state index contributed by atoms with van der Waals surface area (Å²) < 4.78 is 18.6. The van der Waals surface area contributed by atoms with Crippen LogP contribution in [0.2, 0.25) is 0 Å². The molecule has 0 unspecified atom stereocenters. The number of aromatic amines is 1. The number of ether oxygens (including phenoxy) is 1. The Bertz CT molecular complexity index is 1170. The topological polar surface area (TPSA) is 67.0 Å². The number of amides is 1. The molecule has 34 heavy (non-hydrogen) atoms. The van der Waals surface area contributed by atoms with Gasteiger partial charge in [-0.2, -0.15) is 0 Å². The predicted octanol–water partition coefficient (Wildman–Crippen LogP) is 6.10. The number of alkyl carbamates (subject to hydrolysis) is 1. The van der Waals surface area contributed by atoms with E-state index < -0.39 is 0 Å². The Morgan fingerprint density at radius 1 is 1.24 bits per heavy atom. The molecule has 6 heteroatoms. The fraction of sp³-hybridized carbons (Fsp3) is 0.357. The monoisotopic (exact) mass is 459 g/mol. The first-order valence-corrected chi connectivity index (χ1v) is 12.1. The van der Waals surface area contributed by atoms with E-state index in [0.29, 0.717) is 24.4 Å². The first-order chi connectivity index (χ1) is 16.6. The van der Waals surface area contributed by atoms with Crippen molar-refractivity contribution < 1.29 is 13.9 Å². The highest BCUT2D eigenvalue weighted by atomic mass is 19.1. The van der Waals surface area contributed by atoms with Crippen LogP contribution in [0.5, 0.6) is 0 Å². The Morgan fingerprint density at radius 3 is 2.94 bits per heavy atom. The van der Waals surface area contributed by atoms with Gasteiger partial charge in [0.25, 0.3) is 0 Å². The van der Waals surface area contributed by atoms with Gasteiger partial charge in [-0.05, 0) is 85.4 Å². The molecule has 1 fully saturated rings. The highest BCUT2D eigenvalue weighted by Gasteiger charge is 2.40. The lowest BCUT2D eigenvalue weighted by atomic mass is 9.63. The summed E-state index contributed by atoms with van der Waals surface area (Å²) in [6.45, 7) is 2.22. The standard InChI is InChI=1S/C28H30FN3O2/c1-2-34-28(33)32-24-9-10-25-20(14-24)12-21-15-30-17-27(21)26(25)11-8-23-7-6-19(16-31-23)18-4-3-5-22(29)13-18/h3-8,11,13,15-17,20,24-26,30H,2,9-10,12,14H2,1H3,(H,32,33)/b11-8+/t20-,24-,25-,26+/m1/s1. The van der Waals surface area contributed by atoms with Crippen molar-refractivity contribution in [3.8, 4) is 11.1 Å². The molecule has 2 aliphatic rings. The van der Waals surface area contributed by atoms with Gasteiger partial charge in [0, 0.05) is 36.1 Å². The molecule has 4 atom stereocenters. The fourth-order valence-electron chi connectivity index (χ4n) is 5.67. The van der Waals surface area contributed by atoms with Crippen LogP contribution in [0.4, 0.5) is 9.18 Å². The number of aromatic nitrogens is 2. The number of carbonyl (C=O) groups is 1. The number of hydrogen-bond acceptors (Lipinski definition) is 3. The summed E-state index contributed by atoms with van der Waals surface area (Å²) in [5.41, 5.74) is 5.34. The average Bonchev–Trinajstić information content (AvgIpc) is 3.30. The second kappa shape index (κ2) is 9.84. The first kappa shape index (κ1) is 22.4. The number of pyridine rings is 1. The minimum absolute atomic E-state index is 0.169. The van der Waals surface area contributed by atoms with Crippen LogP contribution in [-0.2, 0) is 11.2 Å². The van der Waals surface area contributed by atoms with E-state index in [2.05, 4.69) is 39.8 Å². The van der Waals surface area contributed by atoms with Crippen LogP contribution in [0.25, 0.3) is 17.2 Å². The zero-order valence-electron chi connectivity index (χ0n) is 19.3. The number of nitrogens with zero attached hydrogens (tertiary/aromatic N) is 1. The molecular formula is C28H30FN3O2. The molecule has 0 spiro atoms. The minimum atomic E-state index is -0.312. The molecule has 0 bridgehead atoms. The summed E-state index contributed by atoms with van der Waals surface area (Å²) in [5, 5.41) is 3.05. The molecule has 2 heterocycles. The van der Waals surface area contributed by atoms with Gasteiger partial charge in [-0.15, -0.1) is 0 Å². The summed E-state index contributed by atoms with van der Waals surface area (Å²) in [6.07, 6.45) is 14.1. The van der Waals surface area contributed by atoms with Crippen LogP contribution >= 0.6 is 0 Å². The summed E-state index contributed by atoms with van der Waals surface area (Å²) in [7, 11) is 0. The molecule has 1 amide bonds. The Morgan fingerprint density at radius 2 is 2.15 bits per heavy atom. The number of halogens is 1. The van der Waals surface area contributed by atoms with Crippen molar-refractivity contribution in [2.75, 3.05) is 6.61 Å². The predicted molar refractivity (Wildman–Crippen MR) is 131 cm³/mol. The quantitative estimate of drug-likeness (QED) is 0.484. The second-order valence-corrected chi connectivity index (χ2v) is 9.31. The molecule has 5 rings (SSSR count). The molecule has 1 aromatic carbocycles. The minimum Gasteiger partial charge on any atom is -0.450 e. The van der Waals surface area contributed by atoms with E-state index in [-0.39, 0.29) is 18.0 Å². The van der Waals surface area contributed by atoms with Crippen molar-refractivity contribution in [3.05, 3.63) is 83.7 Å². The van der Waals surface area contributed by atoms with Crippen molar-refractivity contribution >= 4 is 12.2 Å². The Balaban J connectivity index is 1.32. The number of allylic oxidation sites excluding steroid dienone is 1. The molecule has 0 saturated heterocycles. The molecule has 2 N–H and O–H groups in total. The number of benzene rings is 1. The normalized spacial score (nSPS) is 23.8. The number of nitrogens with one attached hydrogen (secondary N) is 2. The molecular weight excluding hydrogens is 429 g/mol. The number of hydrogen-bond donors (Lipinski definition) is 2. The summed E-state index contributed by atoms with van der Waals surface area (Å²) in [5.74, 6) is 1.12. The van der Waals surface area contributed by atoms with Gasteiger partial charge in [-0.3, -0.25) is 4.98 Å². The van der Waals surface area contributed by atoms with Gasteiger partial charge in [0.15, 0.2) is 0 Å². The van der Waals surface area contributed by atoms with Gasteiger partial charge in [-0.25, -0.2) is 9.18 Å². The highest BCUT2D eigenvalue weighted by molar-refractivity contribution is 5.67. The van der Waals surface area contributed by atoms with E-state index in [1.54, 1.807) is 12.3 Å². The van der Waals surface area contributed by atoms with Crippen molar-refractivity contribution in [1.29, 1.82) is 0 Å². The molecule has 5 nitrogen and oxygen atoms in total. The van der Waals surface area contributed by atoms with Gasteiger partial charge in [0.1, 0.15) is 5.82 Å². The number of fused-ring (bicyclic) bond motifs is 2. The van der Waals surface area contributed by atoms with E-state index in [1.165, 1.54) is 23.3 Å². The third-order valence-electron chi connectivity index (χ3n) is 7.23. The van der Waals surface area contributed by atoms with Crippen LogP contribution in [0.15, 0.2) is 61.1 Å². The first-order valence-electron chi connectivity index (χ1n) is 12.1. The van der Waals surface area contributed by atoms with E-state index in [0.717, 1.165) is 42.5 Å². The van der Waals surface area contributed by atoms with Crippen molar-refractivity contribution in [2.24, 2.45) is 11.8 Å². The van der Waals surface area contributed by atoms with Gasteiger partial charge in [-0.1, -0.05) is 24.3 Å². The van der Waals surface area contributed by atoms with E-state index in [9.17, 15) is 9.18 Å². The maximum absolute atomic E-state index is 13.5. The van der Waals surface area contributed by atoms with E-state index in [1.807, 2.05) is 25.1 Å². The molecule has 2 aliphatic carbocycles. The number of H-pyrrole nitrogens is 1. The Kier molecular flexibility index (Phi) is 6.48. The average molecular weight is 460 g/mol. The smallest absolute Gasteiger partial charge is 0.407 e. The fourth-order valence-corrected chi connectivity index (χ4v) is 5.67. The molecule has 0 radical (unpaired) electrons. The van der Waals surface area contributed by atoms with Crippen LogP contribution in [0, 0.1) is 17.7 Å². The molecule has 0 aliphatic heterocycles. The highest BCUT2D eigenvalue weighted by Crippen LogP contribution is 2.47. The maximum atomic E-state index is 13.5. The zero-order valence-corrected chi connectivity index (χ0v) is 19.3. The van der Waals surface area contributed by atoms with Gasteiger partial charge >= 0.3 is 6.09 Å². The lowest BCUT2D eigenvalue weighted by molar-refractivity contribution is 0.129. The Labute approximate surface area is 199 Å². The van der Waals surface area contributed by atoms with Crippen molar-refractivity contribution in [3.63, 3.8) is 0 Å². The Hall–Kier alpha value is -3.41. The largest absolute Gasteiger partial charge is 0.450 e. The van der Waals surface area contributed by atoms with Gasteiger partial charge < -0.3 is 15.0 Å². The number of rotatable bonds is 5. The molecule has 176 valence electrons. The SMILES string of the molecule is CCOC(=O)N[C@@H]1CC[C@@H]2[C@H](Cc3c[nH]cc3[C@H]2/C=C/c2ccc(-c3cccc(F)c3)cn2)C1. The lowest BCUT2D eigenvalue weighted by Crippen LogP contribution is -2.43. The van der Waals surface area contributed by atoms with E-state index >= 15 is 0 Å². The third kappa shape index (κ3) is 4.76. The van der Waals surface area contributed by atoms with Crippen LogP contribution in [0.3, 0.4) is 0 Å². The van der Waals surface area contributed by atoms with Crippen molar-refractivity contribution in [1.82, 2.24) is 15.3 Å². The number of carbonyl (C=O) groups excluding carboxylic acids is 1. The zero-order chi connectivity index (χ0) is 23.5. The van der Waals surface area contributed by atoms with E-state index in [4.69, 9.17) is 4.74 Å². The van der Waals surface area contributed by atoms with Crippen molar-refractivity contribution in [2.45, 2.75) is 44.6 Å². The van der Waals surface area contributed by atoms with Crippen LogP contribution in [0.1, 0.15) is 48.9 Å². The third-order valence-corrected chi connectivity index (χ3v) is 7.23. The van der Waals surface area contributed by atoms with Gasteiger partial charge in [0.05, 0.1) is 12.3 Å². The summed E-state index contributed by atoms with van der Waals surface area (Å²) in [6, 6.07) is 10.7. The lowest BCUT2D eigenvalue weighted by Gasteiger charge is -2.43. The molecule has 1 saturated carbocycles. The van der Waals surface area contributed by atoms with Crippen LogP contribution < -0.4 is 5.32 Å². The maximum Gasteiger partial charge on any atom is 0.407 e. The second-order valence-electron chi connectivity index (χ2n) is 9.31. The van der Waals surface area contributed by atoms with Gasteiger partial charge in [0.2, 0.25) is 0 Å². The summed E-state index contributed by atoms with van der Waals surface area (Å²) in [4.78, 5) is 19.8.